The summed E-state index contributed by atoms with van der Waals surface area (Å²) in [5.41, 5.74) is 3.14. The van der Waals surface area contributed by atoms with Crippen LogP contribution in [0.15, 0.2) is 24.3 Å². The molecule has 2 aromatic rings. The Morgan fingerprint density at radius 1 is 1.25 bits per heavy atom. The second-order valence-corrected chi connectivity index (χ2v) is 6.22. The fraction of sp³-hybridized carbons (Fsp3) is 0.333. The average molecular weight is 285 g/mol. The van der Waals surface area contributed by atoms with Crippen molar-refractivity contribution in [2.24, 2.45) is 0 Å². The van der Waals surface area contributed by atoms with Crippen LogP contribution < -0.4 is 10.2 Å². The molecule has 4 nitrogen and oxygen atoms in total. The van der Waals surface area contributed by atoms with Crippen molar-refractivity contribution in [1.82, 2.24) is 10.3 Å². The fourth-order valence-electron chi connectivity index (χ4n) is 2.84. The van der Waals surface area contributed by atoms with Crippen LogP contribution in [0.3, 0.4) is 0 Å². The van der Waals surface area contributed by atoms with Crippen LogP contribution in [-0.2, 0) is 19.4 Å². The van der Waals surface area contributed by atoms with E-state index in [1.165, 1.54) is 4.88 Å². The molecule has 1 aromatic heterocycles. The molecule has 0 saturated carbocycles. The highest BCUT2D eigenvalue weighted by molar-refractivity contribution is 7.16. The largest absolute Gasteiger partial charge is 0.311 e. The molecule has 20 heavy (non-hydrogen) atoms. The molecule has 0 spiro atoms. The maximum atomic E-state index is 12.6. The molecule has 4 rings (SSSR count). The van der Waals surface area contributed by atoms with E-state index in [1.54, 1.807) is 11.3 Å². The van der Waals surface area contributed by atoms with Gasteiger partial charge in [0.1, 0.15) is 0 Å². The first-order valence-corrected chi connectivity index (χ1v) is 7.73. The molecule has 0 fully saturated rings. The quantitative estimate of drug-likeness (QED) is 0.871. The average Bonchev–Trinajstić information content (AvgIpc) is 2.91. The van der Waals surface area contributed by atoms with Crippen LogP contribution in [0, 0.1) is 0 Å². The van der Waals surface area contributed by atoms with E-state index in [9.17, 15) is 4.79 Å². The summed E-state index contributed by atoms with van der Waals surface area (Å²) < 4.78 is 0. The van der Waals surface area contributed by atoms with Crippen LogP contribution in [0.25, 0.3) is 0 Å². The van der Waals surface area contributed by atoms with E-state index in [4.69, 9.17) is 0 Å². The van der Waals surface area contributed by atoms with E-state index >= 15 is 0 Å². The van der Waals surface area contributed by atoms with Gasteiger partial charge in [-0.15, -0.1) is 0 Å². The maximum Gasteiger partial charge on any atom is 0.260 e. The molecule has 0 unspecified atom stereocenters. The first-order valence-electron chi connectivity index (χ1n) is 6.92. The monoisotopic (exact) mass is 285 g/mol. The van der Waals surface area contributed by atoms with Crippen molar-refractivity contribution >= 4 is 22.4 Å². The third-order valence-corrected chi connectivity index (χ3v) is 5.04. The summed E-state index contributed by atoms with van der Waals surface area (Å²) in [6.07, 6.45) is 1.87. The van der Waals surface area contributed by atoms with Crippen molar-refractivity contribution in [3.8, 4) is 0 Å². The molecular weight excluding hydrogens is 270 g/mol. The molecule has 102 valence electrons. The molecule has 1 aromatic carbocycles. The zero-order valence-electron chi connectivity index (χ0n) is 11.1. The van der Waals surface area contributed by atoms with E-state index in [0.29, 0.717) is 0 Å². The Morgan fingerprint density at radius 2 is 2.15 bits per heavy atom. The lowest BCUT2D eigenvalue weighted by Crippen LogP contribution is -2.37. The first kappa shape index (κ1) is 12.1. The van der Waals surface area contributed by atoms with Gasteiger partial charge in [0.25, 0.3) is 5.91 Å². The number of nitrogens with zero attached hydrogens (tertiary/aromatic N) is 2. The highest BCUT2D eigenvalue weighted by Crippen LogP contribution is 2.31. The number of hydrogen-bond donors (Lipinski definition) is 1. The second-order valence-electron chi connectivity index (χ2n) is 5.16. The molecule has 1 N–H and O–H groups in total. The van der Waals surface area contributed by atoms with Crippen molar-refractivity contribution in [3.05, 3.63) is 46.0 Å². The van der Waals surface area contributed by atoms with E-state index in [0.717, 1.165) is 54.4 Å². The van der Waals surface area contributed by atoms with Crippen LogP contribution in [-0.4, -0.2) is 24.0 Å². The Balaban J connectivity index is 1.70. The van der Waals surface area contributed by atoms with Crippen LogP contribution in [0.1, 0.15) is 26.5 Å². The first-order chi connectivity index (χ1) is 9.83. The number of anilines is 1. The number of rotatable bonds is 1. The minimum atomic E-state index is 0.0888. The standard InChI is InChI=1S/C15H15N3OS/c19-14-11-4-2-1-3-10(11)6-8-18(14)15-17-12-5-7-16-9-13(12)20-15/h1-4,16H,5-9H2. The van der Waals surface area contributed by atoms with Crippen molar-refractivity contribution in [2.45, 2.75) is 19.4 Å². The summed E-state index contributed by atoms with van der Waals surface area (Å²) in [7, 11) is 0. The molecule has 3 heterocycles. The summed E-state index contributed by atoms with van der Waals surface area (Å²) in [6.45, 7) is 2.59. The van der Waals surface area contributed by atoms with Crippen LogP contribution >= 0.6 is 11.3 Å². The summed E-state index contributed by atoms with van der Waals surface area (Å²) in [4.78, 5) is 20.4. The number of aromatic nitrogens is 1. The van der Waals surface area contributed by atoms with Gasteiger partial charge in [0, 0.05) is 36.5 Å². The highest BCUT2D eigenvalue weighted by atomic mass is 32.1. The Kier molecular flexibility index (Phi) is 2.82. The number of amides is 1. The minimum absolute atomic E-state index is 0.0888. The maximum absolute atomic E-state index is 12.6. The lowest BCUT2D eigenvalue weighted by molar-refractivity contribution is 0.0980. The van der Waals surface area contributed by atoms with Gasteiger partial charge >= 0.3 is 0 Å². The summed E-state index contributed by atoms with van der Waals surface area (Å²) >= 11 is 1.65. The van der Waals surface area contributed by atoms with Crippen molar-refractivity contribution in [3.63, 3.8) is 0 Å². The smallest absolute Gasteiger partial charge is 0.260 e. The van der Waals surface area contributed by atoms with Crippen LogP contribution in [0.5, 0.6) is 0 Å². The molecule has 0 atom stereocenters. The van der Waals surface area contributed by atoms with E-state index in [1.807, 2.05) is 29.2 Å². The van der Waals surface area contributed by atoms with E-state index in [-0.39, 0.29) is 5.91 Å². The van der Waals surface area contributed by atoms with Gasteiger partial charge in [-0.25, -0.2) is 4.98 Å². The van der Waals surface area contributed by atoms with Crippen LogP contribution in [0.2, 0.25) is 0 Å². The SMILES string of the molecule is O=C1c2ccccc2CCN1c1nc2c(s1)CNCC2. The van der Waals surface area contributed by atoms with Gasteiger partial charge in [0.15, 0.2) is 5.13 Å². The normalized spacial score (nSPS) is 17.8. The zero-order valence-corrected chi connectivity index (χ0v) is 11.9. The molecule has 2 aliphatic heterocycles. The van der Waals surface area contributed by atoms with Gasteiger partial charge in [-0.2, -0.15) is 0 Å². The Hall–Kier alpha value is -1.72. The molecule has 1 amide bonds. The molecule has 0 radical (unpaired) electrons. The lowest BCUT2D eigenvalue weighted by atomic mass is 10.00. The number of benzene rings is 1. The van der Waals surface area contributed by atoms with Gasteiger partial charge in [0.05, 0.1) is 5.69 Å². The fourth-order valence-corrected chi connectivity index (χ4v) is 3.94. The topological polar surface area (TPSA) is 45.2 Å². The Labute approximate surface area is 121 Å². The molecule has 2 aliphatic rings. The number of hydrogen-bond acceptors (Lipinski definition) is 4. The third kappa shape index (κ3) is 1.85. The Morgan fingerprint density at radius 3 is 3.05 bits per heavy atom. The predicted octanol–water partition coefficient (Wildman–Crippen LogP) is 1.99. The van der Waals surface area contributed by atoms with Crippen LogP contribution in [0.4, 0.5) is 5.13 Å². The number of fused-ring (bicyclic) bond motifs is 2. The predicted molar refractivity (Wildman–Crippen MR) is 79.3 cm³/mol. The highest BCUT2D eigenvalue weighted by Gasteiger charge is 2.28. The number of nitrogens with one attached hydrogen (secondary N) is 1. The molecule has 0 aliphatic carbocycles. The number of carbonyl (C=O) groups is 1. The minimum Gasteiger partial charge on any atom is -0.311 e. The van der Waals surface area contributed by atoms with E-state index in [2.05, 4.69) is 10.3 Å². The number of carbonyl (C=O) groups excluding carboxylic acids is 1. The lowest BCUT2D eigenvalue weighted by Gasteiger charge is -2.26. The summed E-state index contributed by atoms with van der Waals surface area (Å²) in [5, 5.41) is 4.21. The van der Waals surface area contributed by atoms with Crippen molar-refractivity contribution in [2.75, 3.05) is 18.0 Å². The summed E-state index contributed by atoms with van der Waals surface area (Å²) in [5.74, 6) is 0.0888. The molecule has 5 heteroatoms. The van der Waals surface area contributed by atoms with Gasteiger partial charge in [-0.1, -0.05) is 29.5 Å². The third-order valence-electron chi connectivity index (χ3n) is 3.92. The van der Waals surface area contributed by atoms with Crippen molar-refractivity contribution in [1.29, 1.82) is 0 Å². The van der Waals surface area contributed by atoms with Gasteiger partial charge in [0.2, 0.25) is 0 Å². The number of thiazole rings is 1. The van der Waals surface area contributed by atoms with Gasteiger partial charge in [-0.05, 0) is 18.1 Å². The van der Waals surface area contributed by atoms with Gasteiger partial charge in [-0.3, -0.25) is 9.69 Å². The van der Waals surface area contributed by atoms with E-state index < -0.39 is 0 Å². The second kappa shape index (κ2) is 4.68. The summed E-state index contributed by atoms with van der Waals surface area (Å²) in [6, 6.07) is 7.88. The van der Waals surface area contributed by atoms with Gasteiger partial charge < -0.3 is 5.32 Å². The molecule has 0 bridgehead atoms. The zero-order chi connectivity index (χ0) is 13.5. The molecular formula is C15H15N3OS. The molecule has 0 saturated heterocycles. The Bertz CT molecular complexity index is 656. The van der Waals surface area contributed by atoms with Crippen molar-refractivity contribution < 1.29 is 4.79 Å².